The number of rotatable bonds is 3. The van der Waals surface area contributed by atoms with E-state index in [0.717, 1.165) is 30.2 Å². The summed E-state index contributed by atoms with van der Waals surface area (Å²) in [6, 6.07) is 0. The number of aromatic nitrogens is 3. The Morgan fingerprint density at radius 1 is 1.19 bits per heavy atom. The van der Waals surface area contributed by atoms with Gasteiger partial charge in [-0.1, -0.05) is 24.6 Å². The van der Waals surface area contributed by atoms with Crippen molar-refractivity contribution < 1.29 is 5.11 Å². The van der Waals surface area contributed by atoms with Crippen LogP contribution in [-0.2, 0) is 0 Å². The normalized spacial score (nSPS) is 30.6. The van der Waals surface area contributed by atoms with Gasteiger partial charge in [-0.25, -0.2) is 4.98 Å². The van der Waals surface area contributed by atoms with Crippen LogP contribution in [0.15, 0.2) is 5.16 Å². The van der Waals surface area contributed by atoms with Gasteiger partial charge in [0.15, 0.2) is 0 Å². The fourth-order valence-electron chi connectivity index (χ4n) is 2.20. The van der Waals surface area contributed by atoms with Crippen LogP contribution in [0.25, 0.3) is 0 Å². The fraction of sp³-hybridized carbons (Fsp3) is 0.818. The summed E-state index contributed by atoms with van der Waals surface area (Å²) in [5, 5.41) is 18.2. The van der Waals surface area contributed by atoms with E-state index in [1.54, 1.807) is 11.8 Å². The van der Waals surface area contributed by atoms with Crippen LogP contribution in [0.1, 0.15) is 50.3 Å². The maximum absolute atomic E-state index is 9.87. The highest BCUT2D eigenvalue weighted by molar-refractivity contribution is 7.99. The van der Waals surface area contributed by atoms with Gasteiger partial charge in [-0.05, 0) is 25.7 Å². The molecular weight excluding hydrogens is 222 g/mol. The van der Waals surface area contributed by atoms with Crippen LogP contribution in [0.5, 0.6) is 0 Å². The molecule has 0 amide bonds. The molecule has 4 nitrogen and oxygen atoms in total. The third-order valence-electron chi connectivity index (χ3n) is 3.37. The van der Waals surface area contributed by atoms with Crippen molar-refractivity contribution in [2.24, 2.45) is 0 Å². The van der Waals surface area contributed by atoms with E-state index in [1.807, 2.05) is 0 Å². The van der Waals surface area contributed by atoms with Gasteiger partial charge in [-0.2, -0.15) is 0 Å². The van der Waals surface area contributed by atoms with Crippen molar-refractivity contribution in [3.63, 3.8) is 0 Å². The molecule has 2 aliphatic carbocycles. The Balaban J connectivity index is 1.63. The number of thioether (sulfide) groups is 1. The molecule has 2 unspecified atom stereocenters. The third kappa shape index (κ3) is 2.25. The monoisotopic (exact) mass is 239 g/mol. The van der Waals surface area contributed by atoms with Gasteiger partial charge in [-0.15, -0.1) is 5.10 Å². The summed E-state index contributed by atoms with van der Waals surface area (Å²) in [5.74, 6) is 1.66. The van der Waals surface area contributed by atoms with Gasteiger partial charge in [-0.3, -0.25) is 5.10 Å². The molecule has 1 heterocycles. The second-order valence-corrected chi connectivity index (χ2v) is 5.99. The fourth-order valence-corrected chi connectivity index (χ4v) is 3.30. The molecule has 0 saturated heterocycles. The van der Waals surface area contributed by atoms with Gasteiger partial charge >= 0.3 is 0 Å². The smallest absolute Gasteiger partial charge is 0.208 e. The van der Waals surface area contributed by atoms with Gasteiger partial charge in [0.25, 0.3) is 0 Å². The summed E-state index contributed by atoms with van der Waals surface area (Å²) < 4.78 is 0. The second-order valence-electron chi connectivity index (χ2n) is 4.79. The Morgan fingerprint density at radius 3 is 2.75 bits per heavy atom. The standard InChI is InChI=1S/C11H17N3OS/c15-8-3-1-2-4-9(8)16-11-12-10(13-14-11)7-5-6-7/h7-9,15H,1-6H2,(H,12,13,14). The Labute approximate surface area is 99.2 Å². The lowest BCUT2D eigenvalue weighted by Gasteiger charge is -2.25. The quantitative estimate of drug-likeness (QED) is 0.847. The number of nitrogens with one attached hydrogen (secondary N) is 1. The average Bonchev–Trinajstić information content (AvgIpc) is 3.03. The minimum absolute atomic E-state index is 0.179. The predicted molar refractivity (Wildman–Crippen MR) is 62.5 cm³/mol. The van der Waals surface area contributed by atoms with Crippen molar-refractivity contribution in [3.05, 3.63) is 5.82 Å². The van der Waals surface area contributed by atoms with Crippen LogP contribution < -0.4 is 0 Å². The first-order chi connectivity index (χ1) is 7.83. The van der Waals surface area contributed by atoms with E-state index in [4.69, 9.17) is 0 Å². The minimum atomic E-state index is -0.179. The van der Waals surface area contributed by atoms with E-state index in [2.05, 4.69) is 15.2 Å². The molecule has 0 aromatic carbocycles. The molecule has 3 rings (SSSR count). The Hall–Kier alpha value is -0.550. The van der Waals surface area contributed by atoms with E-state index in [1.165, 1.54) is 19.3 Å². The summed E-state index contributed by atoms with van der Waals surface area (Å²) in [5.41, 5.74) is 0. The van der Waals surface area contributed by atoms with Gasteiger partial charge in [0.2, 0.25) is 5.16 Å². The SMILES string of the molecule is OC1CCCCC1Sc1n[nH]c(C2CC2)n1. The van der Waals surface area contributed by atoms with Gasteiger partial charge < -0.3 is 5.11 Å². The van der Waals surface area contributed by atoms with Crippen molar-refractivity contribution in [2.75, 3.05) is 0 Å². The molecule has 88 valence electrons. The zero-order valence-corrected chi connectivity index (χ0v) is 10.0. The minimum Gasteiger partial charge on any atom is -0.392 e. The molecule has 1 aromatic heterocycles. The topological polar surface area (TPSA) is 61.8 Å². The molecule has 5 heteroatoms. The maximum Gasteiger partial charge on any atom is 0.208 e. The first-order valence-electron chi connectivity index (χ1n) is 6.10. The lowest BCUT2D eigenvalue weighted by molar-refractivity contribution is 0.137. The Morgan fingerprint density at radius 2 is 2.00 bits per heavy atom. The zero-order valence-electron chi connectivity index (χ0n) is 9.22. The lowest BCUT2D eigenvalue weighted by atomic mass is 9.97. The highest BCUT2D eigenvalue weighted by atomic mass is 32.2. The largest absolute Gasteiger partial charge is 0.392 e. The number of aromatic amines is 1. The first-order valence-corrected chi connectivity index (χ1v) is 6.98. The number of nitrogens with zero attached hydrogens (tertiary/aromatic N) is 2. The molecule has 2 saturated carbocycles. The summed E-state index contributed by atoms with van der Waals surface area (Å²) in [7, 11) is 0. The summed E-state index contributed by atoms with van der Waals surface area (Å²) in [4.78, 5) is 4.49. The molecule has 16 heavy (non-hydrogen) atoms. The van der Waals surface area contributed by atoms with Crippen molar-refractivity contribution in [1.29, 1.82) is 0 Å². The molecule has 2 N–H and O–H groups in total. The van der Waals surface area contributed by atoms with Crippen molar-refractivity contribution in [3.8, 4) is 0 Å². The molecule has 0 radical (unpaired) electrons. The van der Waals surface area contributed by atoms with Gasteiger partial charge in [0.1, 0.15) is 5.82 Å². The Kier molecular flexibility index (Phi) is 2.90. The molecule has 2 atom stereocenters. The first kappa shape index (κ1) is 10.6. The van der Waals surface area contributed by atoms with E-state index in [0.29, 0.717) is 5.92 Å². The number of hydrogen-bond acceptors (Lipinski definition) is 4. The van der Waals surface area contributed by atoms with E-state index in [9.17, 15) is 5.11 Å². The van der Waals surface area contributed by atoms with E-state index < -0.39 is 0 Å². The van der Waals surface area contributed by atoms with E-state index in [-0.39, 0.29) is 11.4 Å². The lowest BCUT2D eigenvalue weighted by Crippen LogP contribution is -2.26. The maximum atomic E-state index is 9.87. The predicted octanol–water partition coefficient (Wildman–Crippen LogP) is 2.08. The van der Waals surface area contributed by atoms with Crippen LogP contribution in [0.3, 0.4) is 0 Å². The summed E-state index contributed by atoms with van der Waals surface area (Å²) in [6.45, 7) is 0. The second kappa shape index (κ2) is 4.37. The highest BCUT2D eigenvalue weighted by Gasteiger charge is 2.29. The van der Waals surface area contributed by atoms with Crippen molar-refractivity contribution >= 4 is 11.8 Å². The number of aliphatic hydroxyl groups is 1. The van der Waals surface area contributed by atoms with Crippen LogP contribution in [0.2, 0.25) is 0 Å². The molecule has 2 fully saturated rings. The Bertz CT molecular complexity index is 364. The molecule has 0 aliphatic heterocycles. The summed E-state index contributed by atoms with van der Waals surface area (Å²) >= 11 is 1.64. The van der Waals surface area contributed by atoms with Gasteiger partial charge in [0, 0.05) is 11.2 Å². The third-order valence-corrected chi connectivity index (χ3v) is 4.62. The number of aliphatic hydroxyl groups excluding tert-OH is 1. The van der Waals surface area contributed by atoms with Crippen LogP contribution in [-0.4, -0.2) is 31.6 Å². The van der Waals surface area contributed by atoms with Crippen LogP contribution in [0.4, 0.5) is 0 Å². The van der Waals surface area contributed by atoms with Crippen LogP contribution >= 0.6 is 11.8 Å². The number of H-pyrrole nitrogens is 1. The molecular formula is C11H17N3OS. The van der Waals surface area contributed by atoms with Crippen molar-refractivity contribution in [2.45, 2.75) is 61.0 Å². The average molecular weight is 239 g/mol. The molecule has 1 aromatic rings. The zero-order chi connectivity index (χ0) is 11.0. The van der Waals surface area contributed by atoms with Crippen LogP contribution in [0, 0.1) is 0 Å². The molecule has 0 bridgehead atoms. The van der Waals surface area contributed by atoms with E-state index >= 15 is 0 Å². The highest BCUT2D eigenvalue weighted by Crippen LogP contribution is 2.39. The van der Waals surface area contributed by atoms with Gasteiger partial charge in [0.05, 0.1) is 6.10 Å². The number of hydrogen-bond donors (Lipinski definition) is 2. The molecule has 0 spiro atoms. The summed E-state index contributed by atoms with van der Waals surface area (Å²) in [6.07, 6.45) is 6.68. The molecule has 2 aliphatic rings. The van der Waals surface area contributed by atoms with Crippen molar-refractivity contribution in [1.82, 2.24) is 15.2 Å².